The molecule has 0 fully saturated rings. The van der Waals surface area contributed by atoms with Crippen LogP contribution in [0.1, 0.15) is 43.3 Å². The molecule has 0 radical (unpaired) electrons. The van der Waals surface area contributed by atoms with E-state index in [-0.39, 0.29) is 0 Å². The van der Waals surface area contributed by atoms with Gasteiger partial charge in [0, 0.05) is 28.7 Å². The van der Waals surface area contributed by atoms with Crippen molar-refractivity contribution < 1.29 is 4.52 Å². The number of aromatic nitrogens is 2. The van der Waals surface area contributed by atoms with Gasteiger partial charge in [0.15, 0.2) is 0 Å². The van der Waals surface area contributed by atoms with Gasteiger partial charge in [-0.05, 0) is 51.3 Å². The van der Waals surface area contributed by atoms with Crippen molar-refractivity contribution in [2.75, 3.05) is 0 Å². The van der Waals surface area contributed by atoms with Gasteiger partial charge in [0.25, 0.3) is 0 Å². The Morgan fingerprint density at radius 2 is 2.00 bits per heavy atom. The van der Waals surface area contributed by atoms with Crippen LogP contribution in [0.25, 0.3) is 22.0 Å². The van der Waals surface area contributed by atoms with Crippen molar-refractivity contribution in [1.82, 2.24) is 9.72 Å². The summed E-state index contributed by atoms with van der Waals surface area (Å²) in [4.78, 5) is 0. The van der Waals surface area contributed by atoms with Gasteiger partial charge in [-0.3, -0.25) is 0 Å². The summed E-state index contributed by atoms with van der Waals surface area (Å²) in [5.74, 6) is 0.880. The molecule has 0 amide bonds. The Morgan fingerprint density at radius 3 is 2.62 bits per heavy atom. The molecule has 1 unspecified atom stereocenters. The molecule has 0 N–H and O–H groups in total. The van der Waals surface area contributed by atoms with Crippen LogP contribution in [0.5, 0.6) is 0 Å². The molecule has 0 aliphatic heterocycles. The van der Waals surface area contributed by atoms with E-state index in [0.29, 0.717) is 6.04 Å². The van der Waals surface area contributed by atoms with Crippen LogP contribution in [0.2, 0.25) is 0 Å². The lowest BCUT2D eigenvalue weighted by molar-refractivity contribution is 0.393. The minimum Gasteiger partial charge on any atom is -0.361 e. The predicted octanol–water partition coefficient (Wildman–Crippen LogP) is 5.19. The second kappa shape index (κ2) is 5.06. The molecule has 0 aliphatic rings. The van der Waals surface area contributed by atoms with Crippen LogP contribution in [0.15, 0.2) is 28.9 Å². The fourth-order valence-corrected chi connectivity index (χ4v) is 3.04. The maximum atomic E-state index is 5.31. The highest BCUT2D eigenvalue weighted by Crippen LogP contribution is 2.32. The van der Waals surface area contributed by atoms with E-state index in [2.05, 4.69) is 54.9 Å². The standard InChI is InChI=1S/C18H22N2O/c1-6-12(3)20-10-11(2)16-8-7-15(9-17(16)20)18-13(4)19-21-14(18)5/h7-10,12H,6H2,1-5H3. The van der Waals surface area contributed by atoms with Crippen molar-refractivity contribution in [2.45, 2.75) is 47.1 Å². The van der Waals surface area contributed by atoms with Crippen LogP contribution in [-0.2, 0) is 0 Å². The maximum Gasteiger partial charge on any atom is 0.141 e. The van der Waals surface area contributed by atoms with Gasteiger partial charge in [-0.2, -0.15) is 0 Å². The summed E-state index contributed by atoms with van der Waals surface area (Å²) in [5.41, 5.74) is 5.87. The molecule has 3 nitrogen and oxygen atoms in total. The molecular weight excluding hydrogens is 260 g/mol. The minimum absolute atomic E-state index is 0.501. The third kappa shape index (κ3) is 2.17. The molecule has 0 bridgehead atoms. The van der Waals surface area contributed by atoms with Gasteiger partial charge in [0.2, 0.25) is 0 Å². The molecule has 2 heterocycles. The second-order valence-electron chi connectivity index (χ2n) is 5.91. The van der Waals surface area contributed by atoms with Gasteiger partial charge in [0.1, 0.15) is 5.76 Å². The predicted molar refractivity (Wildman–Crippen MR) is 86.6 cm³/mol. The van der Waals surface area contributed by atoms with Gasteiger partial charge >= 0.3 is 0 Å². The van der Waals surface area contributed by atoms with Gasteiger partial charge in [-0.25, -0.2) is 0 Å². The van der Waals surface area contributed by atoms with E-state index >= 15 is 0 Å². The first-order chi connectivity index (χ1) is 10.0. The van der Waals surface area contributed by atoms with Crippen LogP contribution in [0.4, 0.5) is 0 Å². The molecule has 1 aromatic carbocycles. The van der Waals surface area contributed by atoms with Gasteiger partial charge in [0.05, 0.1) is 5.69 Å². The molecule has 1 atom stereocenters. The summed E-state index contributed by atoms with van der Waals surface area (Å²) in [6.07, 6.45) is 3.38. The topological polar surface area (TPSA) is 31.0 Å². The molecule has 3 heteroatoms. The van der Waals surface area contributed by atoms with Crippen molar-refractivity contribution in [3.63, 3.8) is 0 Å². The molecule has 0 spiro atoms. The molecule has 21 heavy (non-hydrogen) atoms. The number of benzene rings is 1. The molecular formula is C18H22N2O. The van der Waals surface area contributed by atoms with Crippen molar-refractivity contribution >= 4 is 10.9 Å². The van der Waals surface area contributed by atoms with Crippen molar-refractivity contribution in [3.8, 4) is 11.1 Å². The zero-order valence-corrected chi connectivity index (χ0v) is 13.4. The molecule has 2 aromatic heterocycles. The highest BCUT2D eigenvalue weighted by atomic mass is 16.5. The second-order valence-corrected chi connectivity index (χ2v) is 5.91. The number of rotatable bonds is 3. The summed E-state index contributed by atoms with van der Waals surface area (Å²) in [6.45, 7) is 10.6. The summed E-state index contributed by atoms with van der Waals surface area (Å²) in [7, 11) is 0. The Bertz CT molecular complexity index is 776. The molecule has 0 aliphatic carbocycles. The number of hydrogen-bond acceptors (Lipinski definition) is 2. The number of nitrogens with zero attached hydrogens (tertiary/aromatic N) is 2. The van der Waals surface area contributed by atoms with Crippen LogP contribution in [-0.4, -0.2) is 9.72 Å². The van der Waals surface area contributed by atoms with Gasteiger partial charge in [-0.1, -0.05) is 24.2 Å². The van der Waals surface area contributed by atoms with Crippen LogP contribution < -0.4 is 0 Å². The first-order valence-corrected chi connectivity index (χ1v) is 7.57. The number of fused-ring (bicyclic) bond motifs is 1. The smallest absolute Gasteiger partial charge is 0.141 e. The van der Waals surface area contributed by atoms with Gasteiger partial charge < -0.3 is 9.09 Å². The Kier molecular flexibility index (Phi) is 3.36. The Morgan fingerprint density at radius 1 is 1.24 bits per heavy atom. The molecule has 0 saturated heterocycles. The average Bonchev–Trinajstić information content (AvgIpc) is 2.98. The highest BCUT2D eigenvalue weighted by Gasteiger charge is 2.15. The molecule has 3 aromatic rings. The first-order valence-electron chi connectivity index (χ1n) is 7.57. The third-order valence-corrected chi connectivity index (χ3v) is 4.42. The third-order valence-electron chi connectivity index (χ3n) is 4.42. The van der Waals surface area contributed by atoms with E-state index in [1.54, 1.807) is 0 Å². The van der Waals surface area contributed by atoms with Crippen molar-refractivity contribution in [2.24, 2.45) is 0 Å². The van der Waals surface area contributed by atoms with E-state index in [1.165, 1.54) is 22.0 Å². The Balaban J connectivity index is 2.24. The number of hydrogen-bond donors (Lipinski definition) is 0. The first kappa shape index (κ1) is 13.9. The normalized spacial score (nSPS) is 13.0. The van der Waals surface area contributed by atoms with E-state index in [9.17, 15) is 0 Å². The fourth-order valence-electron chi connectivity index (χ4n) is 3.04. The van der Waals surface area contributed by atoms with E-state index in [0.717, 1.165) is 23.4 Å². The monoisotopic (exact) mass is 282 g/mol. The quantitative estimate of drug-likeness (QED) is 0.661. The Labute approximate surface area is 125 Å². The summed E-state index contributed by atoms with van der Waals surface area (Å²) < 4.78 is 7.69. The highest BCUT2D eigenvalue weighted by molar-refractivity contribution is 5.88. The number of aryl methyl sites for hydroxylation is 3. The average molecular weight is 282 g/mol. The Hall–Kier alpha value is -2.03. The lowest BCUT2D eigenvalue weighted by Crippen LogP contribution is -2.01. The lowest BCUT2D eigenvalue weighted by Gasteiger charge is -2.13. The van der Waals surface area contributed by atoms with Crippen LogP contribution in [0.3, 0.4) is 0 Å². The fraction of sp³-hybridized carbons (Fsp3) is 0.389. The summed E-state index contributed by atoms with van der Waals surface area (Å²) >= 11 is 0. The van der Waals surface area contributed by atoms with Crippen LogP contribution >= 0.6 is 0 Å². The summed E-state index contributed by atoms with van der Waals surface area (Å²) in [6, 6.07) is 7.15. The molecule has 110 valence electrons. The lowest BCUT2D eigenvalue weighted by atomic mass is 10.0. The zero-order chi connectivity index (χ0) is 15.1. The maximum absolute atomic E-state index is 5.31. The zero-order valence-electron chi connectivity index (χ0n) is 13.4. The van der Waals surface area contributed by atoms with Crippen LogP contribution in [0, 0.1) is 20.8 Å². The summed E-state index contributed by atoms with van der Waals surface area (Å²) in [5, 5.41) is 5.39. The van der Waals surface area contributed by atoms with E-state index < -0.39 is 0 Å². The SMILES string of the molecule is CCC(C)n1cc(C)c2ccc(-c3c(C)noc3C)cc21. The van der Waals surface area contributed by atoms with E-state index in [1.807, 2.05) is 13.8 Å². The van der Waals surface area contributed by atoms with Crippen molar-refractivity contribution in [3.05, 3.63) is 41.4 Å². The largest absolute Gasteiger partial charge is 0.361 e. The molecule has 0 saturated carbocycles. The van der Waals surface area contributed by atoms with E-state index in [4.69, 9.17) is 4.52 Å². The van der Waals surface area contributed by atoms with Crippen molar-refractivity contribution in [1.29, 1.82) is 0 Å². The van der Waals surface area contributed by atoms with Gasteiger partial charge in [-0.15, -0.1) is 0 Å². The molecule has 3 rings (SSSR count). The minimum atomic E-state index is 0.501.